The average Bonchev–Trinajstić information content (AvgIpc) is 2.24. The highest BCUT2D eigenvalue weighted by atomic mass is 15.2. The maximum atomic E-state index is 6.11. The molecular formula is C13H28N2. The normalized spacial score (nSPS) is 37.6. The highest BCUT2D eigenvalue weighted by Gasteiger charge is 2.33. The summed E-state index contributed by atoms with van der Waals surface area (Å²) in [5, 5.41) is 0. The quantitative estimate of drug-likeness (QED) is 0.779. The summed E-state index contributed by atoms with van der Waals surface area (Å²) in [6, 6.07) is 1.73. The lowest BCUT2D eigenvalue weighted by molar-refractivity contribution is 0.0409. The third kappa shape index (κ3) is 2.73. The van der Waals surface area contributed by atoms with Gasteiger partial charge in [-0.05, 0) is 32.1 Å². The van der Waals surface area contributed by atoms with Gasteiger partial charge in [0.05, 0.1) is 0 Å². The predicted octanol–water partition coefficient (Wildman–Crippen LogP) is 2.48. The van der Waals surface area contributed by atoms with Crippen molar-refractivity contribution < 1.29 is 0 Å². The van der Waals surface area contributed by atoms with Crippen LogP contribution in [0.2, 0.25) is 0 Å². The summed E-state index contributed by atoms with van der Waals surface area (Å²) in [4.78, 5) is 2.65. The van der Waals surface area contributed by atoms with E-state index in [1.54, 1.807) is 0 Å². The van der Waals surface area contributed by atoms with Gasteiger partial charge in [0.2, 0.25) is 0 Å². The molecule has 0 aromatic heterocycles. The topological polar surface area (TPSA) is 29.3 Å². The Balaban J connectivity index is 2.62. The largest absolute Gasteiger partial charge is 0.327 e. The molecule has 90 valence electrons. The van der Waals surface area contributed by atoms with Gasteiger partial charge < -0.3 is 5.73 Å². The van der Waals surface area contributed by atoms with Gasteiger partial charge in [-0.15, -0.1) is 0 Å². The van der Waals surface area contributed by atoms with Gasteiger partial charge in [-0.3, -0.25) is 4.90 Å². The smallest absolute Gasteiger partial charge is 0.0110 e. The van der Waals surface area contributed by atoms with E-state index in [4.69, 9.17) is 5.73 Å². The SMILES string of the molecule is CCC(C)C(C)N1CCC(N)C(C)C1C. The van der Waals surface area contributed by atoms with Gasteiger partial charge in [-0.2, -0.15) is 0 Å². The van der Waals surface area contributed by atoms with E-state index in [1.165, 1.54) is 13.0 Å². The fraction of sp³-hybridized carbons (Fsp3) is 1.00. The van der Waals surface area contributed by atoms with Crippen LogP contribution in [-0.2, 0) is 0 Å². The lowest BCUT2D eigenvalue weighted by Crippen LogP contribution is -2.55. The molecule has 0 amide bonds. The van der Waals surface area contributed by atoms with Crippen LogP contribution in [0, 0.1) is 11.8 Å². The Morgan fingerprint density at radius 3 is 2.47 bits per heavy atom. The summed E-state index contributed by atoms with van der Waals surface area (Å²) in [5.74, 6) is 1.42. The van der Waals surface area contributed by atoms with E-state index in [2.05, 4.69) is 39.5 Å². The van der Waals surface area contributed by atoms with E-state index in [9.17, 15) is 0 Å². The number of nitrogens with zero attached hydrogens (tertiary/aromatic N) is 1. The first-order valence-electron chi connectivity index (χ1n) is 6.50. The molecule has 0 bridgehead atoms. The molecule has 2 nitrogen and oxygen atoms in total. The third-order valence-corrected chi connectivity index (χ3v) is 4.67. The molecule has 0 radical (unpaired) electrons. The van der Waals surface area contributed by atoms with E-state index >= 15 is 0 Å². The molecule has 1 aliphatic rings. The first-order chi connectivity index (χ1) is 6.99. The van der Waals surface area contributed by atoms with Crippen molar-refractivity contribution in [1.82, 2.24) is 4.90 Å². The first-order valence-corrected chi connectivity index (χ1v) is 6.50. The van der Waals surface area contributed by atoms with Crippen LogP contribution >= 0.6 is 0 Å². The van der Waals surface area contributed by atoms with E-state index in [1.807, 2.05) is 0 Å². The van der Waals surface area contributed by atoms with Gasteiger partial charge >= 0.3 is 0 Å². The Kier molecular flexibility index (Phi) is 4.60. The van der Waals surface area contributed by atoms with E-state index in [-0.39, 0.29) is 0 Å². The van der Waals surface area contributed by atoms with Gasteiger partial charge in [0.15, 0.2) is 0 Å². The summed E-state index contributed by atoms with van der Waals surface area (Å²) in [5.41, 5.74) is 6.11. The second kappa shape index (κ2) is 5.31. The van der Waals surface area contributed by atoms with Crippen LogP contribution in [0.3, 0.4) is 0 Å². The number of rotatable bonds is 3. The Morgan fingerprint density at radius 1 is 1.33 bits per heavy atom. The molecule has 0 spiro atoms. The van der Waals surface area contributed by atoms with Gasteiger partial charge in [0.25, 0.3) is 0 Å². The van der Waals surface area contributed by atoms with Crippen LogP contribution in [0.5, 0.6) is 0 Å². The predicted molar refractivity (Wildman–Crippen MR) is 66.8 cm³/mol. The minimum Gasteiger partial charge on any atom is -0.327 e. The summed E-state index contributed by atoms with van der Waals surface area (Å²) < 4.78 is 0. The Hall–Kier alpha value is -0.0800. The minimum atomic E-state index is 0.403. The third-order valence-electron chi connectivity index (χ3n) is 4.67. The van der Waals surface area contributed by atoms with Crippen molar-refractivity contribution in [3.63, 3.8) is 0 Å². The molecule has 1 aliphatic heterocycles. The van der Waals surface area contributed by atoms with Crippen LogP contribution in [-0.4, -0.2) is 29.6 Å². The van der Waals surface area contributed by atoms with Gasteiger partial charge in [-0.1, -0.05) is 27.2 Å². The monoisotopic (exact) mass is 212 g/mol. The molecule has 1 fully saturated rings. The summed E-state index contributed by atoms with van der Waals surface area (Å²) in [6.07, 6.45) is 2.43. The Morgan fingerprint density at radius 2 is 1.93 bits per heavy atom. The number of nitrogens with two attached hydrogens (primary N) is 1. The number of piperidine rings is 1. The first kappa shape index (κ1) is 13.0. The molecule has 0 aliphatic carbocycles. The average molecular weight is 212 g/mol. The summed E-state index contributed by atoms with van der Waals surface area (Å²) in [6.45, 7) is 12.8. The van der Waals surface area contributed by atoms with Crippen molar-refractivity contribution in [1.29, 1.82) is 0 Å². The zero-order valence-corrected chi connectivity index (χ0v) is 11.0. The highest BCUT2D eigenvalue weighted by molar-refractivity contribution is 4.89. The highest BCUT2D eigenvalue weighted by Crippen LogP contribution is 2.27. The number of hydrogen-bond donors (Lipinski definition) is 1. The summed E-state index contributed by atoms with van der Waals surface area (Å²) >= 11 is 0. The molecular weight excluding hydrogens is 184 g/mol. The van der Waals surface area contributed by atoms with E-state index < -0.39 is 0 Å². The zero-order chi connectivity index (χ0) is 11.6. The van der Waals surface area contributed by atoms with Crippen LogP contribution in [0.25, 0.3) is 0 Å². The molecule has 5 atom stereocenters. The van der Waals surface area contributed by atoms with Crippen LogP contribution in [0.4, 0.5) is 0 Å². The zero-order valence-electron chi connectivity index (χ0n) is 11.0. The van der Waals surface area contributed by atoms with E-state index in [0.717, 1.165) is 12.3 Å². The lowest BCUT2D eigenvalue weighted by Gasteiger charge is -2.46. The van der Waals surface area contributed by atoms with Crippen molar-refractivity contribution >= 4 is 0 Å². The fourth-order valence-corrected chi connectivity index (χ4v) is 2.67. The molecule has 15 heavy (non-hydrogen) atoms. The van der Waals surface area contributed by atoms with Gasteiger partial charge in [0.1, 0.15) is 0 Å². The van der Waals surface area contributed by atoms with Gasteiger partial charge in [0, 0.05) is 24.7 Å². The lowest BCUT2D eigenvalue weighted by atomic mass is 9.85. The molecule has 1 rings (SSSR count). The van der Waals surface area contributed by atoms with Crippen LogP contribution < -0.4 is 5.73 Å². The van der Waals surface area contributed by atoms with Crippen molar-refractivity contribution in [2.75, 3.05) is 6.54 Å². The maximum absolute atomic E-state index is 6.11. The molecule has 2 N–H and O–H groups in total. The molecule has 0 saturated carbocycles. The van der Waals surface area contributed by atoms with Crippen LogP contribution in [0.1, 0.15) is 47.5 Å². The number of likely N-dealkylation sites (tertiary alicyclic amines) is 1. The number of hydrogen-bond acceptors (Lipinski definition) is 2. The molecule has 1 heterocycles. The van der Waals surface area contributed by atoms with Crippen molar-refractivity contribution in [3.05, 3.63) is 0 Å². The summed E-state index contributed by atoms with van der Waals surface area (Å²) in [7, 11) is 0. The standard InChI is InChI=1S/C13H28N2/c1-6-9(2)11(4)15-8-7-13(14)10(3)12(15)5/h9-13H,6-8,14H2,1-5H3. The second-order valence-electron chi connectivity index (χ2n) is 5.42. The van der Waals surface area contributed by atoms with Crippen LogP contribution in [0.15, 0.2) is 0 Å². The molecule has 1 saturated heterocycles. The fourth-order valence-electron chi connectivity index (χ4n) is 2.67. The van der Waals surface area contributed by atoms with Crippen molar-refractivity contribution in [2.24, 2.45) is 17.6 Å². The maximum Gasteiger partial charge on any atom is 0.0110 e. The van der Waals surface area contributed by atoms with E-state index in [0.29, 0.717) is 24.0 Å². The molecule has 2 heteroatoms. The molecule has 5 unspecified atom stereocenters. The Labute approximate surface area is 95.2 Å². The second-order valence-corrected chi connectivity index (χ2v) is 5.42. The van der Waals surface area contributed by atoms with Crippen molar-refractivity contribution in [2.45, 2.75) is 65.6 Å². The molecule has 0 aromatic carbocycles. The van der Waals surface area contributed by atoms with Gasteiger partial charge in [-0.25, -0.2) is 0 Å². The minimum absolute atomic E-state index is 0.403. The Bertz CT molecular complexity index is 189. The molecule has 0 aromatic rings. The van der Waals surface area contributed by atoms with Crippen molar-refractivity contribution in [3.8, 4) is 0 Å².